The van der Waals surface area contributed by atoms with Gasteiger partial charge in [-0.05, 0) is 20.3 Å². The standard InChI is InChI=1S/C12H19N5O/c1-12(2,4-7-18)16-10-11-14-5-6-17(11)8-9(13-3)15-10/h5-6,8,13,18H,4,7H2,1-3H3,(H,15,16). The molecule has 0 atom stereocenters. The average Bonchev–Trinajstić information content (AvgIpc) is 2.76. The van der Waals surface area contributed by atoms with Gasteiger partial charge in [0.15, 0.2) is 11.5 Å². The zero-order valence-electron chi connectivity index (χ0n) is 10.9. The van der Waals surface area contributed by atoms with E-state index in [9.17, 15) is 0 Å². The fourth-order valence-electron chi connectivity index (χ4n) is 1.80. The number of nitrogens with zero attached hydrogens (tertiary/aromatic N) is 3. The summed E-state index contributed by atoms with van der Waals surface area (Å²) in [6, 6.07) is 0. The number of hydrogen-bond acceptors (Lipinski definition) is 5. The SMILES string of the molecule is CNc1cn2ccnc2c(NC(C)(C)CCO)n1. The Hall–Kier alpha value is -1.82. The number of aliphatic hydroxyl groups excluding tert-OH is 1. The van der Waals surface area contributed by atoms with Crippen LogP contribution in [-0.4, -0.2) is 38.7 Å². The van der Waals surface area contributed by atoms with Crippen LogP contribution in [0.3, 0.4) is 0 Å². The minimum atomic E-state index is -0.236. The molecule has 0 fully saturated rings. The van der Waals surface area contributed by atoms with Crippen LogP contribution < -0.4 is 10.6 Å². The van der Waals surface area contributed by atoms with Crippen molar-refractivity contribution in [2.75, 3.05) is 24.3 Å². The van der Waals surface area contributed by atoms with Gasteiger partial charge in [0.25, 0.3) is 0 Å². The Morgan fingerprint density at radius 3 is 2.89 bits per heavy atom. The van der Waals surface area contributed by atoms with Crippen molar-refractivity contribution in [3.8, 4) is 0 Å². The van der Waals surface area contributed by atoms with Gasteiger partial charge in [-0.3, -0.25) is 0 Å². The van der Waals surface area contributed by atoms with Gasteiger partial charge in [0, 0.05) is 31.6 Å². The molecule has 2 rings (SSSR count). The van der Waals surface area contributed by atoms with Crippen LogP contribution in [-0.2, 0) is 0 Å². The number of anilines is 2. The van der Waals surface area contributed by atoms with Gasteiger partial charge < -0.3 is 20.1 Å². The summed E-state index contributed by atoms with van der Waals surface area (Å²) in [5.74, 6) is 1.48. The van der Waals surface area contributed by atoms with E-state index in [1.807, 2.05) is 37.7 Å². The first-order valence-corrected chi connectivity index (χ1v) is 5.96. The molecule has 2 heterocycles. The van der Waals surface area contributed by atoms with Crippen molar-refractivity contribution in [1.82, 2.24) is 14.4 Å². The summed E-state index contributed by atoms with van der Waals surface area (Å²) in [4.78, 5) is 8.76. The summed E-state index contributed by atoms with van der Waals surface area (Å²) >= 11 is 0. The van der Waals surface area contributed by atoms with Crippen LogP contribution in [0.2, 0.25) is 0 Å². The monoisotopic (exact) mass is 249 g/mol. The Morgan fingerprint density at radius 2 is 2.22 bits per heavy atom. The molecule has 6 nitrogen and oxygen atoms in total. The maximum atomic E-state index is 9.06. The molecule has 0 bridgehead atoms. The molecule has 3 N–H and O–H groups in total. The minimum Gasteiger partial charge on any atom is -0.396 e. The number of nitrogens with one attached hydrogen (secondary N) is 2. The van der Waals surface area contributed by atoms with E-state index < -0.39 is 0 Å². The number of fused-ring (bicyclic) bond motifs is 1. The Balaban J connectivity index is 2.39. The van der Waals surface area contributed by atoms with Crippen molar-refractivity contribution in [3.05, 3.63) is 18.6 Å². The van der Waals surface area contributed by atoms with Gasteiger partial charge in [-0.2, -0.15) is 0 Å². The van der Waals surface area contributed by atoms with Crippen LogP contribution in [0.5, 0.6) is 0 Å². The second-order valence-electron chi connectivity index (χ2n) is 4.87. The summed E-state index contributed by atoms with van der Waals surface area (Å²) in [6.07, 6.45) is 6.14. The summed E-state index contributed by atoms with van der Waals surface area (Å²) in [5.41, 5.74) is 0.542. The summed E-state index contributed by atoms with van der Waals surface area (Å²) in [7, 11) is 1.83. The highest BCUT2D eigenvalue weighted by atomic mass is 16.3. The molecular weight excluding hydrogens is 230 g/mol. The smallest absolute Gasteiger partial charge is 0.180 e. The third kappa shape index (κ3) is 2.53. The fraction of sp³-hybridized carbons (Fsp3) is 0.500. The quantitative estimate of drug-likeness (QED) is 0.745. The third-order valence-corrected chi connectivity index (χ3v) is 2.82. The van der Waals surface area contributed by atoms with E-state index in [4.69, 9.17) is 5.11 Å². The van der Waals surface area contributed by atoms with Crippen LogP contribution in [0.1, 0.15) is 20.3 Å². The lowest BCUT2D eigenvalue weighted by molar-refractivity contribution is 0.260. The molecule has 2 aromatic heterocycles. The van der Waals surface area contributed by atoms with Crippen molar-refractivity contribution >= 4 is 17.3 Å². The molecule has 18 heavy (non-hydrogen) atoms. The van der Waals surface area contributed by atoms with E-state index in [0.29, 0.717) is 12.2 Å². The van der Waals surface area contributed by atoms with Crippen LogP contribution in [0, 0.1) is 0 Å². The highest BCUT2D eigenvalue weighted by Gasteiger charge is 2.19. The maximum absolute atomic E-state index is 9.06. The van der Waals surface area contributed by atoms with Crippen LogP contribution in [0.15, 0.2) is 18.6 Å². The van der Waals surface area contributed by atoms with Gasteiger partial charge in [0.2, 0.25) is 0 Å². The lowest BCUT2D eigenvalue weighted by atomic mass is 10.0. The van der Waals surface area contributed by atoms with Crippen LogP contribution in [0.4, 0.5) is 11.6 Å². The van der Waals surface area contributed by atoms with Gasteiger partial charge in [-0.1, -0.05) is 0 Å². The van der Waals surface area contributed by atoms with Gasteiger partial charge in [-0.15, -0.1) is 0 Å². The number of hydrogen-bond donors (Lipinski definition) is 3. The van der Waals surface area contributed by atoms with E-state index in [0.717, 1.165) is 11.5 Å². The summed E-state index contributed by atoms with van der Waals surface area (Å²) < 4.78 is 1.91. The molecule has 98 valence electrons. The number of rotatable bonds is 5. The van der Waals surface area contributed by atoms with Gasteiger partial charge >= 0.3 is 0 Å². The molecular formula is C12H19N5O. The minimum absolute atomic E-state index is 0.135. The summed E-state index contributed by atoms with van der Waals surface area (Å²) in [6.45, 7) is 4.18. The average molecular weight is 249 g/mol. The van der Waals surface area contributed by atoms with Crippen molar-refractivity contribution in [2.45, 2.75) is 25.8 Å². The lowest BCUT2D eigenvalue weighted by Crippen LogP contribution is -2.32. The number of aliphatic hydroxyl groups is 1. The molecule has 6 heteroatoms. The molecule has 0 aliphatic carbocycles. The Kier molecular flexibility index (Phi) is 3.38. The predicted octanol–water partition coefficient (Wildman–Crippen LogP) is 1.34. The number of aromatic nitrogens is 3. The molecule has 0 aliphatic rings. The summed E-state index contributed by atoms with van der Waals surface area (Å²) in [5, 5.41) is 15.4. The normalized spacial score (nSPS) is 11.8. The van der Waals surface area contributed by atoms with Gasteiger partial charge in [-0.25, -0.2) is 9.97 Å². The first kappa shape index (κ1) is 12.6. The van der Waals surface area contributed by atoms with Crippen molar-refractivity contribution in [1.29, 1.82) is 0 Å². The maximum Gasteiger partial charge on any atom is 0.180 e. The number of imidazole rings is 1. The van der Waals surface area contributed by atoms with Crippen LogP contribution in [0.25, 0.3) is 5.65 Å². The zero-order chi connectivity index (χ0) is 13.2. The highest BCUT2D eigenvalue weighted by Crippen LogP contribution is 2.21. The fourth-order valence-corrected chi connectivity index (χ4v) is 1.80. The molecule has 0 aromatic carbocycles. The Labute approximate surface area is 106 Å². The molecule has 0 amide bonds. The molecule has 0 spiro atoms. The molecule has 0 saturated heterocycles. The van der Waals surface area contributed by atoms with Crippen molar-refractivity contribution in [3.63, 3.8) is 0 Å². The van der Waals surface area contributed by atoms with Crippen LogP contribution >= 0.6 is 0 Å². The lowest BCUT2D eigenvalue weighted by Gasteiger charge is -2.26. The van der Waals surface area contributed by atoms with Gasteiger partial charge in [0.1, 0.15) is 5.82 Å². The Bertz CT molecular complexity index is 534. The highest BCUT2D eigenvalue weighted by molar-refractivity contribution is 5.66. The van der Waals surface area contributed by atoms with E-state index >= 15 is 0 Å². The van der Waals surface area contributed by atoms with E-state index in [1.54, 1.807) is 6.20 Å². The van der Waals surface area contributed by atoms with Crippen molar-refractivity contribution < 1.29 is 5.11 Å². The molecule has 0 radical (unpaired) electrons. The molecule has 0 saturated carbocycles. The first-order chi connectivity index (χ1) is 8.55. The van der Waals surface area contributed by atoms with Crippen molar-refractivity contribution in [2.24, 2.45) is 0 Å². The van der Waals surface area contributed by atoms with E-state index in [2.05, 4.69) is 20.6 Å². The zero-order valence-corrected chi connectivity index (χ0v) is 10.9. The molecule has 0 aliphatic heterocycles. The topological polar surface area (TPSA) is 74.5 Å². The Morgan fingerprint density at radius 1 is 1.44 bits per heavy atom. The first-order valence-electron chi connectivity index (χ1n) is 5.96. The molecule has 2 aromatic rings. The van der Waals surface area contributed by atoms with E-state index in [-0.39, 0.29) is 12.1 Å². The van der Waals surface area contributed by atoms with E-state index in [1.165, 1.54) is 0 Å². The molecule has 0 unspecified atom stereocenters. The van der Waals surface area contributed by atoms with Gasteiger partial charge in [0.05, 0.1) is 6.20 Å². The predicted molar refractivity (Wildman–Crippen MR) is 71.9 cm³/mol. The third-order valence-electron chi connectivity index (χ3n) is 2.82. The second-order valence-corrected chi connectivity index (χ2v) is 4.87. The second kappa shape index (κ2) is 4.81. The largest absolute Gasteiger partial charge is 0.396 e.